The molecule has 6 heteroatoms. The summed E-state index contributed by atoms with van der Waals surface area (Å²) >= 11 is 6.07. The monoisotopic (exact) mass is 350 g/mol. The van der Waals surface area contributed by atoms with Crippen LogP contribution in [0.25, 0.3) is 0 Å². The summed E-state index contributed by atoms with van der Waals surface area (Å²) in [5.74, 6) is 0.725. The highest BCUT2D eigenvalue weighted by Crippen LogP contribution is 2.18. The van der Waals surface area contributed by atoms with Gasteiger partial charge in [-0.25, -0.2) is 4.99 Å². The minimum atomic E-state index is 0.0262. The molecule has 0 atom stereocenters. The van der Waals surface area contributed by atoms with Crippen molar-refractivity contribution in [1.29, 1.82) is 0 Å². The average molecular weight is 351 g/mol. The normalized spacial score (nSPS) is 15.4. The Kier molecular flexibility index (Phi) is 6.91. The number of aliphatic imine (C=N–C) groups is 1. The number of likely N-dealkylation sites (N-methyl/N-ethyl adjacent to an activating group) is 1. The lowest BCUT2D eigenvalue weighted by Crippen LogP contribution is -2.46. The molecular weight excluding hydrogens is 324 g/mol. The van der Waals surface area contributed by atoms with Crippen LogP contribution in [-0.2, 0) is 11.3 Å². The predicted molar refractivity (Wildman–Crippen MR) is 99.4 cm³/mol. The van der Waals surface area contributed by atoms with Crippen LogP contribution in [-0.4, -0.2) is 43.4 Å². The number of hydrogen-bond acceptors (Lipinski definition) is 2. The number of carbonyl (C=O) groups excluding carboxylic acids is 1. The van der Waals surface area contributed by atoms with E-state index in [-0.39, 0.29) is 12.5 Å². The number of hydrogen-bond donors (Lipinski definition) is 2. The van der Waals surface area contributed by atoms with Crippen LogP contribution in [0.15, 0.2) is 23.2 Å². The number of nitrogens with zero attached hydrogens (tertiary/aromatic N) is 2. The van der Waals surface area contributed by atoms with Gasteiger partial charge in [0.25, 0.3) is 0 Å². The molecule has 0 unspecified atom stereocenters. The van der Waals surface area contributed by atoms with Gasteiger partial charge in [0.2, 0.25) is 5.91 Å². The number of carbonyl (C=O) groups is 1. The Bertz CT molecular complexity index is 595. The summed E-state index contributed by atoms with van der Waals surface area (Å²) in [5.41, 5.74) is 2.15. The second kappa shape index (κ2) is 8.92. The lowest BCUT2D eigenvalue weighted by Gasteiger charge is -2.18. The van der Waals surface area contributed by atoms with Crippen molar-refractivity contribution in [3.63, 3.8) is 0 Å². The van der Waals surface area contributed by atoms with Crippen molar-refractivity contribution in [2.45, 2.75) is 45.2 Å². The van der Waals surface area contributed by atoms with Gasteiger partial charge in [-0.1, -0.05) is 36.6 Å². The minimum Gasteiger partial charge on any atom is -0.354 e. The van der Waals surface area contributed by atoms with Crippen molar-refractivity contribution in [1.82, 2.24) is 15.5 Å². The minimum absolute atomic E-state index is 0.0262. The molecule has 0 aliphatic heterocycles. The van der Waals surface area contributed by atoms with Gasteiger partial charge in [0.05, 0.1) is 13.1 Å². The fourth-order valence-corrected chi connectivity index (χ4v) is 2.83. The Morgan fingerprint density at radius 1 is 1.33 bits per heavy atom. The smallest absolute Gasteiger partial charge is 0.241 e. The van der Waals surface area contributed by atoms with E-state index in [0.717, 1.165) is 29.0 Å². The van der Waals surface area contributed by atoms with Crippen molar-refractivity contribution in [2.24, 2.45) is 4.99 Å². The van der Waals surface area contributed by atoms with Crippen LogP contribution >= 0.6 is 11.6 Å². The first-order valence-corrected chi connectivity index (χ1v) is 8.83. The highest BCUT2D eigenvalue weighted by atomic mass is 35.5. The number of rotatable bonds is 5. The van der Waals surface area contributed by atoms with Crippen LogP contribution < -0.4 is 10.6 Å². The van der Waals surface area contributed by atoms with Gasteiger partial charge in [-0.3, -0.25) is 4.79 Å². The number of halogens is 1. The first-order valence-electron chi connectivity index (χ1n) is 8.45. The summed E-state index contributed by atoms with van der Waals surface area (Å²) in [6.45, 7) is 2.78. The molecule has 1 amide bonds. The van der Waals surface area contributed by atoms with Crippen LogP contribution in [0.2, 0.25) is 5.02 Å². The summed E-state index contributed by atoms with van der Waals surface area (Å²) < 4.78 is 0. The van der Waals surface area contributed by atoms with Gasteiger partial charge >= 0.3 is 0 Å². The van der Waals surface area contributed by atoms with Crippen molar-refractivity contribution in [2.75, 3.05) is 20.6 Å². The molecule has 1 aliphatic rings. The quantitative estimate of drug-likeness (QED) is 0.634. The van der Waals surface area contributed by atoms with Crippen LogP contribution in [0.3, 0.4) is 0 Å². The van der Waals surface area contributed by atoms with Crippen molar-refractivity contribution in [3.05, 3.63) is 34.3 Å². The Hall–Kier alpha value is -1.75. The van der Waals surface area contributed by atoms with E-state index >= 15 is 0 Å². The first kappa shape index (κ1) is 18.6. The molecule has 1 aliphatic carbocycles. The largest absolute Gasteiger partial charge is 0.354 e. The predicted octanol–water partition coefficient (Wildman–Crippen LogP) is 2.71. The summed E-state index contributed by atoms with van der Waals surface area (Å²) in [7, 11) is 3.50. The third-order valence-electron chi connectivity index (χ3n) is 4.24. The number of amides is 1. The first-order chi connectivity index (χ1) is 11.5. The molecule has 0 spiro atoms. The van der Waals surface area contributed by atoms with Gasteiger partial charge in [0.15, 0.2) is 5.96 Å². The van der Waals surface area contributed by atoms with E-state index in [2.05, 4.69) is 15.6 Å². The molecule has 2 rings (SSSR count). The fourth-order valence-electron chi connectivity index (χ4n) is 2.71. The lowest BCUT2D eigenvalue weighted by molar-refractivity contribution is -0.127. The van der Waals surface area contributed by atoms with Gasteiger partial charge in [-0.15, -0.1) is 0 Å². The fraction of sp³-hybridized carbons (Fsp3) is 0.556. The second-order valence-corrected chi connectivity index (χ2v) is 6.92. The summed E-state index contributed by atoms with van der Waals surface area (Å²) in [5, 5.41) is 7.36. The van der Waals surface area contributed by atoms with Crippen LogP contribution in [0.1, 0.15) is 36.8 Å². The zero-order chi connectivity index (χ0) is 17.5. The zero-order valence-electron chi connectivity index (χ0n) is 14.7. The maximum Gasteiger partial charge on any atom is 0.241 e. The van der Waals surface area contributed by atoms with Crippen LogP contribution in [0.5, 0.6) is 0 Å². The summed E-state index contributed by atoms with van der Waals surface area (Å²) in [6, 6.07) is 6.37. The lowest BCUT2D eigenvalue weighted by atomic mass is 10.1. The molecule has 0 saturated heterocycles. The Morgan fingerprint density at radius 3 is 2.67 bits per heavy atom. The van der Waals surface area contributed by atoms with Gasteiger partial charge < -0.3 is 15.5 Å². The van der Waals surface area contributed by atoms with Crippen LogP contribution in [0, 0.1) is 6.92 Å². The molecule has 1 fully saturated rings. The maximum absolute atomic E-state index is 11.8. The second-order valence-electron chi connectivity index (χ2n) is 6.52. The number of benzene rings is 1. The topological polar surface area (TPSA) is 56.7 Å². The van der Waals surface area contributed by atoms with Crippen molar-refractivity contribution < 1.29 is 4.79 Å². The van der Waals surface area contributed by atoms with Crippen molar-refractivity contribution in [3.8, 4) is 0 Å². The highest BCUT2D eigenvalue weighted by molar-refractivity contribution is 6.31. The van der Waals surface area contributed by atoms with Gasteiger partial charge in [0, 0.05) is 25.2 Å². The van der Waals surface area contributed by atoms with Crippen molar-refractivity contribution >= 4 is 23.5 Å². The van der Waals surface area contributed by atoms with Gasteiger partial charge in [-0.2, -0.15) is 0 Å². The molecule has 5 nitrogen and oxygen atoms in total. The molecule has 0 radical (unpaired) electrons. The van der Waals surface area contributed by atoms with E-state index in [1.165, 1.54) is 12.8 Å². The van der Waals surface area contributed by atoms with E-state index in [1.54, 1.807) is 19.0 Å². The maximum atomic E-state index is 11.8. The molecule has 132 valence electrons. The number of nitrogens with one attached hydrogen (secondary N) is 2. The number of aryl methyl sites for hydroxylation is 1. The summed E-state index contributed by atoms with van der Waals surface area (Å²) in [6.07, 6.45) is 4.81. The number of guanidine groups is 1. The standard InChI is InChI=1S/C18H27ClN4O/c1-13-10-14(8-9-16(13)19)11-20-18(21-12-17(24)23(2)3)22-15-6-4-5-7-15/h8-10,15H,4-7,11-12H2,1-3H3,(H2,20,21,22). The molecular formula is C18H27ClN4O. The zero-order valence-corrected chi connectivity index (χ0v) is 15.5. The SMILES string of the molecule is Cc1cc(CN=C(NCC(=O)N(C)C)NC2CCCC2)ccc1Cl. The van der Waals surface area contributed by atoms with E-state index in [4.69, 9.17) is 11.6 Å². The molecule has 1 aromatic rings. The average Bonchev–Trinajstić information content (AvgIpc) is 3.05. The third-order valence-corrected chi connectivity index (χ3v) is 4.67. The Morgan fingerprint density at radius 2 is 2.04 bits per heavy atom. The third kappa shape index (κ3) is 5.71. The van der Waals surface area contributed by atoms with Crippen LogP contribution in [0.4, 0.5) is 0 Å². The molecule has 0 aromatic heterocycles. The molecule has 24 heavy (non-hydrogen) atoms. The molecule has 1 saturated carbocycles. The molecule has 0 bridgehead atoms. The summed E-state index contributed by atoms with van der Waals surface area (Å²) in [4.78, 5) is 18.0. The molecule has 1 aromatic carbocycles. The van der Waals surface area contributed by atoms with Gasteiger partial charge in [-0.05, 0) is 37.0 Å². The molecule has 0 heterocycles. The van der Waals surface area contributed by atoms with E-state index < -0.39 is 0 Å². The van der Waals surface area contributed by atoms with Gasteiger partial charge in [0.1, 0.15) is 0 Å². The highest BCUT2D eigenvalue weighted by Gasteiger charge is 2.16. The van der Waals surface area contributed by atoms with E-state index in [0.29, 0.717) is 18.5 Å². The van der Waals surface area contributed by atoms with E-state index in [1.807, 2.05) is 25.1 Å². The molecule has 2 N–H and O–H groups in total. The Balaban J connectivity index is 2.01. The Labute approximate surface area is 149 Å². The van der Waals surface area contributed by atoms with E-state index in [9.17, 15) is 4.79 Å².